The average Bonchev–Trinajstić information content (AvgIpc) is 2.55. The predicted octanol–water partition coefficient (Wildman–Crippen LogP) is 3.02. The summed E-state index contributed by atoms with van der Waals surface area (Å²) < 4.78 is 0. The van der Waals surface area contributed by atoms with Gasteiger partial charge in [0, 0.05) is 19.1 Å². The first kappa shape index (κ1) is 13.4. The summed E-state index contributed by atoms with van der Waals surface area (Å²) in [6, 6.07) is 0.472. The van der Waals surface area contributed by atoms with Crippen LogP contribution in [-0.2, 0) is 0 Å². The zero-order chi connectivity index (χ0) is 12.1. The lowest BCUT2D eigenvalue weighted by Gasteiger charge is -2.36. The zero-order valence-corrected chi connectivity index (χ0v) is 11.5. The van der Waals surface area contributed by atoms with E-state index in [1.54, 1.807) is 0 Å². The Bertz CT molecular complexity index is 217. The van der Waals surface area contributed by atoms with Crippen molar-refractivity contribution in [2.45, 2.75) is 64.3 Å². The van der Waals surface area contributed by atoms with Gasteiger partial charge in [0.2, 0.25) is 0 Å². The summed E-state index contributed by atoms with van der Waals surface area (Å²) in [4.78, 5) is 2.70. The van der Waals surface area contributed by atoms with Crippen LogP contribution in [0.5, 0.6) is 0 Å². The highest BCUT2D eigenvalue weighted by atomic mass is 15.1. The molecule has 0 amide bonds. The van der Waals surface area contributed by atoms with E-state index in [1.165, 1.54) is 71.0 Å². The predicted molar refractivity (Wildman–Crippen MR) is 74.0 cm³/mol. The van der Waals surface area contributed by atoms with Gasteiger partial charge >= 0.3 is 0 Å². The Balaban J connectivity index is 1.81. The lowest BCUT2D eigenvalue weighted by Crippen LogP contribution is -2.43. The second-order valence-electron chi connectivity index (χ2n) is 6.24. The van der Waals surface area contributed by atoms with Gasteiger partial charge in [0.25, 0.3) is 0 Å². The molecule has 1 aliphatic carbocycles. The molecule has 100 valence electrons. The summed E-state index contributed by atoms with van der Waals surface area (Å²) in [7, 11) is 0. The van der Waals surface area contributed by atoms with Crippen molar-refractivity contribution in [3.63, 3.8) is 0 Å². The Labute approximate surface area is 107 Å². The third-order valence-electron chi connectivity index (χ3n) is 4.89. The monoisotopic (exact) mass is 238 g/mol. The smallest absolute Gasteiger partial charge is 0.00793 e. The Morgan fingerprint density at radius 3 is 2.71 bits per heavy atom. The maximum atomic E-state index is 6.34. The minimum atomic E-state index is 0.472. The summed E-state index contributed by atoms with van der Waals surface area (Å²) in [5, 5.41) is 0. The van der Waals surface area contributed by atoms with Gasteiger partial charge in [-0.05, 0) is 44.1 Å². The van der Waals surface area contributed by atoms with Gasteiger partial charge in [0.05, 0.1) is 0 Å². The van der Waals surface area contributed by atoms with E-state index < -0.39 is 0 Å². The van der Waals surface area contributed by atoms with E-state index in [9.17, 15) is 0 Å². The first-order chi connectivity index (χ1) is 8.29. The van der Waals surface area contributed by atoms with Crippen LogP contribution in [0.2, 0.25) is 0 Å². The van der Waals surface area contributed by atoms with E-state index in [4.69, 9.17) is 5.73 Å². The van der Waals surface area contributed by atoms with Crippen LogP contribution in [0, 0.1) is 11.8 Å². The van der Waals surface area contributed by atoms with E-state index in [0.29, 0.717) is 6.04 Å². The molecule has 1 saturated heterocycles. The van der Waals surface area contributed by atoms with E-state index in [-0.39, 0.29) is 0 Å². The quantitative estimate of drug-likeness (QED) is 0.766. The number of piperidine rings is 1. The Morgan fingerprint density at radius 1 is 1.06 bits per heavy atom. The maximum absolute atomic E-state index is 6.34. The van der Waals surface area contributed by atoms with Gasteiger partial charge in [-0.2, -0.15) is 0 Å². The third kappa shape index (κ3) is 3.96. The molecule has 2 nitrogen and oxygen atoms in total. The highest BCUT2D eigenvalue weighted by Crippen LogP contribution is 2.26. The molecule has 1 saturated carbocycles. The molecular formula is C15H30N2. The molecule has 0 radical (unpaired) electrons. The van der Waals surface area contributed by atoms with Crippen LogP contribution in [0.15, 0.2) is 0 Å². The lowest BCUT2D eigenvalue weighted by atomic mass is 9.91. The number of rotatable bonds is 3. The first-order valence-electron chi connectivity index (χ1n) is 7.77. The van der Waals surface area contributed by atoms with Crippen molar-refractivity contribution in [3.05, 3.63) is 0 Å². The molecule has 0 aromatic heterocycles. The topological polar surface area (TPSA) is 29.3 Å². The molecule has 17 heavy (non-hydrogen) atoms. The summed E-state index contributed by atoms with van der Waals surface area (Å²) in [5.74, 6) is 1.72. The average molecular weight is 238 g/mol. The highest BCUT2D eigenvalue weighted by molar-refractivity contribution is 4.81. The molecule has 2 fully saturated rings. The second-order valence-corrected chi connectivity index (χ2v) is 6.24. The molecule has 0 spiro atoms. The third-order valence-corrected chi connectivity index (χ3v) is 4.89. The van der Waals surface area contributed by atoms with Crippen LogP contribution in [0.3, 0.4) is 0 Å². The maximum Gasteiger partial charge on any atom is 0.00793 e. The fraction of sp³-hybridized carbons (Fsp3) is 1.00. The Hall–Kier alpha value is -0.0800. The van der Waals surface area contributed by atoms with Crippen molar-refractivity contribution in [2.24, 2.45) is 17.6 Å². The molecule has 2 heteroatoms. The van der Waals surface area contributed by atoms with Crippen molar-refractivity contribution >= 4 is 0 Å². The second kappa shape index (κ2) is 6.75. The number of hydrogen-bond acceptors (Lipinski definition) is 2. The van der Waals surface area contributed by atoms with Crippen molar-refractivity contribution in [3.8, 4) is 0 Å². The SMILES string of the molecule is CCC1CCCN(CC2CCCCCC2N)C1. The summed E-state index contributed by atoms with van der Waals surface area (Å²) in [6.45, 7) is 6.27. The number of likely N-dealkylation sites (tertiary alicyclic amines) is 1. The van der Waals surface area contributed by atoms with Gasteiger partial charge in [-0.1, -0.05) is 32.6 Å². The van der Waals surface area contributed by atoms with Crippen molar-refractivity contribution < 1.29 is 0 Å². The van der Waals surface area contributed by atoms with Crippen molar-refractivity contribution in [2.75, 3.05) is 19.6 Å². The molecule has 1 aliphatic heterocycles. The molecule has 0 aromatic carbocycles. The van der Waals surface area contributed by atoms with Crippen LogP contribution in [-0.4, -0.2) is 30.6 Å². The molecule has 2 aliphatic rings. The largest absolute Gasteiger partial charge is 0.327 e. The van der Waals surface area contributed by atoms with Gasteiger partial charge in [-0.15, -0.1) is 0 Å². The van der Waals surface area contributed by atoms with Crippen LogP contribution in [0.1, 0.15) is 58.3 Å². The Kier molecular flexibility index (Phi) is 5.30. The summed E-state index contributed by atoms with van der Waals surface area (Å²) >= 11 is 0. The van der Waals surface area contributed by atoms with Crippen LogP contribution < -0.4 is 5.73 Å². The number of hydrogen-bond donors (Lipinski definition) is 1. The van der Waals surface area contributed by atoms with E-state index in [1.807, 2.05) is 0 Å². The van der Waals surface area contributed by atoms with Gasteiger partial charge in [-0.25, -0.2) is 0 Å². The normalized spacial score (nSPS) is 36.7. The minimum Gasteiger partial charge on any atom is -0.327 e. The van der Waals surface area contributed by atoms with Crippen LogP contribution in [0.25, 0.3) is 0 Å². The summed E-state index contributed by atoms with van der Waals surface area (Å²) in [5.41, 5.74) is 6.34. The van der Waals surface area contributed by atoms with E-state index >= 15 is 0 Å². The van der Waals surface area contributed by atoms with Gasteiger partial charge in [0.1, 0.15) is 0 Å². The first-order valence-corrected chi connectivity index (χ1v) is 7.77. The fourth-order valence-corrected chi connectivity index (χ4v) is 3.62. The minimum absolute atomic E-state index is 0.472. The molecule has 2 rings (SSSR count). The molecule has 0 aromatic rings. The molecule has 2 N–H and O–H groups in total. The Morgan fingerprint density at radius 2 is 1.88 bits per heavy atom. The van der Waals surface area contributed by atoms with E-state index in [2.05, 4.69) is 11.8 Å². The van der Waals surface area contributed by atoms with Crippen molar-refractivity contribution in [1.29, 1.82) is 0 Å². The fourth-order valence-electron chi connectivity index (χ4n) is 3.62. The van der Waals surface area contributed by atoms with Crippen LogP contribution >= 0.6 is 0 Å². The van der Waals surface area contributed by atoms with Gasteiger partial charge < -0.3 is 10.6 Å². The number of nitrogens with zero attached hydrogens (tertiary/aromatic N) is 1. The zero-order valence-electron chi connectivity index (χ0n) is 11.5. The molecule has 1 heterocycles. The number of nitrogens with two attached hydrogens (primary N) is 1. The van der Waals surface area contributed by atoms with Gasteiger partial charge in [0.15, 0.2) is 0 Å². The molecule has 0 bridgehead atoms. The molecular weight excluding hydrogens is 208 g/mol. The summed E-state index contributed by atoms with van der Waals surface area (Å²) in [6.07, 6.45) is 11.0. The molecule has 3 atom stereocenters. The molecule has 3 unspecified atom stereocenters. The van der Waals surface area contributed by atoms with Gasteiger partial charge in [-0.3, -0.25) is 0 Å². The standard InChI is InChI=1S/C15H30N2/c1-2-13-7-6-10-17(11-13)12-14-8-4-3-5-9-15(14)16/h13-15H,2-12,16H2,1H3. The highest BCUT2D eigenvalue weighted by Gasteiger charge is 2.25. The van der Waals surface area contributed by atoms with Crippen LogP contribution in [0.4, 0.5) is 0 Å². The van der Waals surface area contributed by atoms with Crippen molar-refractivity contribution in [1.82, 2.24) is 4.90 Å². The van der Waals surface area contributed by atoms with E-state index in [0.717, 1.165) is 11.8 Å². The lowest BCUT2D eigenvalue weighted by molar-refractivity contribution is 0.138.